The summed E-state index contributed by atoms with van der Waals surface area (Å²) in [6, 6.07) is 9.20. The zero-order valence-electron chi connectivity index (χ0n) is 8.77. The number of nitrogen functional groups attached to an aromatic ring is 1. The zero-order chi connectivity index (χ0) is 11.5. The molecule has 0 amide bonds. The average molecular weight is 279 g/mol. The van der Waals surface area contributed by atoms with Crippen molar-refractivity contribution in [3.8, 4) is 11.5 Å². The first-order valence-corrected chi connectivity index (χ1v) is 5.60. The molecule has 2 N–H and O–H groups in total. The van der Waals surface area contributed by atoms with E-state index in [-0.39, 0.29) is 0 Å². The number of anilines is 1. The fourth-order valence-corrected chi connectivity index (χ4v) is 1.63. The lowest BCUT2D eigenvalue weighted by atomic mass is 10.3. The van der Waals surface area contributed by atoms with Crippen LogP contribution in [0.25, 0.3) is 0 Å². The van der Waals surface area contributed by atoms with Gasteiger partial charge < -0.3 is 10.5 Å². The number of aryl methyl sites for hydroxylation is 1. The normalized spacial score (nSPS) is 10.1. The lowest BCUT2D eigenvalue weighted by Gasteiger charge is -2.10. The minimum atomic E-state index is 0.603. The number of hydrogen-bond acceptors (Lipinski definition) is 3. The molecule has 2 rings (SSSR count). The first-order valence-electron chi connectivity index (χ1n) is 4.81. The van der Waals surface area contributed by atoms with Crippen LogP contribution in [0.15, 0.2) is 41.0 Å². The van der Waals surface area contributed by atoms with Gasteiger partial charge in [-0.3, -0.25) is 4.98 Å². The molecule has 0 aliphatic heterocycles. The molecule has 3 nitrogen and oxygen atoms in total. The number of nitrogens with zero attached hydrogens (tertiary/aromatic N) is 1. The highest BCUT2D eigenvalue weighted by Crippen LogP contribution is 2.31. The van der Waals surface area contributed by atoms with Gasteiger partial charge in [-0.1, -0.05) is 15.9 Å². The largest absolute Gasteiger partial charge is 0.453 e. The van der Waals surface area contributed by atoms with Gasteiger partial charge in [0.25, 0.3) is 0 Å². The second-order valence-electron chi connectivity index (χ2n) is 3.37. The van der Waals surface area contributed by atoms with Crippen LogP contribution in [-0.4, -0.2) is 4.98 Å². The maximum atomic E-state index is 5.82. The van der Waals surface area contributed by atoms with Crippen LogP contribution in [-0.2, 0) is 0 Å². The molecule has 0 radical (unpaired) electrons. The van der Waals surface area contributed by atoms with Crippen molar-refractivity contribution in [1.29, 1.82) is 0 Å². The summed E-state index contributed by atoms with van der Waals surface area (Å²) in [4.78, 5) is 4.15. The van der Waals surface area contributed by atoms with E-state index in [2.05, 4.69) is 20.9 Å². The van der Waals surface area contributed by atoms with Gasteiger partial charge in [0.15, 0.2) is 5.75 Å². The van der Waals surface area contributed by atoms with Crippen LogP contribution in [0.4, 0.5) is 5.69 Å². The van der Waals surface area contributed by atoms with Crippen molar-refractivity contribution < 1.29 is 4.74 Å². The summed E-state index contributed by atoms with van der Waals surface area (Å²) in [5.74, 6) is 1.35. The fraction of sp³-hybridized carbons (Fsp3) is 0.0833. The molecule has 1 aromatic heterocycles. The molecular weight excluding hydrogens is 268 g/mol. The summed E-state index contributed by atoms with van der Waals surface area (Å²) in [6.45, 7) is 1.89. The molecule has 16 heavy (non-hydrogen) atoms. The van der Waals surface area contributed by atoms with Crippen LogP contribution in [0.2, 0.25) is 0 Å². The smallest absolute Gasteiger partial charge is 0.151 e. The average Bonchev–Trinajstić information content (AvgIpc) is 2.27. The van der Waals surface area contributed by atoms with E-state index in [1.54, 1.807) is 12.3 Å². The van der Waals surface area contributed by atoms with Crippen molar-refractivity contribution in [2.45, 2.75) is 6.92 Å². The van der Waals surface area contributed by atoms with E-state index in [4.69, 9.17) is 10.5 Å². The Balaban J connectivity index is 2.34. The molecule has 1 aromatic carbocycles. The highest BCUT2D eigenvalue weighted by molar-refractivity contribution is 9.10. The molecule has 0 saturated heterocycles. The Morgan fingerprint density at radius 2 is 2.06 bits per heavy atom. The number of benzene rings is 1. The summed E-state index contributed by atoms with van der Waals surface area (Å²) >= 11 is 3.38. The minimum absolute atomic E-state index is 0.603. The van der Waals surface area contributed by atoms with E-state index in [0.717, 1.165) is 10.2 Å². The van der Waals surface area contributed by atoms with Gasteiger partial charge in [0.05, 0.1) is 11.4 Å². The van der Waals surface area contributed by atoms with E-state index >= 15 is 0 Å². The van der Waals surface area contributed by atoms with Crippen molar-refractivity contribution in [2.24, 2.45) is 0 Å². The summed E-state index contributed by atoms with van der Waals surface area (Å²) in [5, 5.41) is 0. The van der Waals surface area contributed by atoms with E-state index < -0.39 is 0 Å². The van der Waals surface area contributed by atoms with E-state index in [9.17, 15) is 0 Å². The summed E-state index contributed by atoms with van der Waals surface area (Å²) in [5.41, 5.74) is 7.26. The zero-order valence-corrected chi connectivity index (χ0v) is 10.4. The van der Waals surface area contributed by atoms with E-state index in [1.165, 1.54) is 0 Å². The number of aromatic nitrogens is 1. The van der Waals surface area contributed by atoms with Crippen LogP contribution in [0.1, 0.15) is 5.69 Å². The first kappa shape index (κ1) is 11.0. The Morgan fingerprint density at radius 1 is 1.25 bits per heavy atom. The molecule has 4 heteroatoms. The topological polar surface area (TPSA) is 48.1 Å². The molecule has 0 spiro atoms. The summed E-state index contributed by atoms with van der Waals surface area (Å²) in [6.07, 6.45) is 1.73. The Bertz CT molecular complexity index is 514. The third-order valence-corrected chi connectivity index (χ3v) is 2.65. The highest BCUT2D eigenvalue weighted by atomic mass is 79.9. The standard InChI is InChI=1S/C12H11BrN2O/c1-8-11(3-2-6-15-8)16-12-7-9(13)4-5-10(12)14/h2-7H,14H2,1H3. The summed E-state index contributed by atoms with van der Waals surface area (Å²) < 4.78 is 6.63. The predicted molar refractivity (Wildman–Crippen MR) is 67.6 cm³/mol. The third kappa shape index (κ3) is 2.33. The third-order valence-electron chi connectivity index (χ3n) is 2.15. The van der Waals surface area contributed by atoms with Crippen molar-refractivity contribution in [1.82, 2.24) is 4.98 Å². The Kier molecular flexibility index (Phi) is 3.10. The second-order valence-corrected chi connectivity index (χ2v) is 4.29. The van der Waals surface area contributed by atoms with Gasteiger partial charge in [-0.15, -0.1) is 0 Å². The number of halogens is 1. The molecule has 1 heterocycles. The van der Waals surface area contributed by atoms with Crippen LogP contribution >= 0.6 is 15.9 Å². The monoisotopic (exact) mass is 278 g/mol. The number of ether oxygens (including phenoxy) is 1. The summed E-state index contributed by atoms with van der Waals surface area (Å²) in [7, 11) is 0. The molecule has 0 saturated carbocycles. The van der Waals surface area contributed by atoms with Crippen molar-refractivity contribution in [3.05, 3.63) is 46.7 Å². The first-order chi connectivity index (χ1) is 7.66. The molecule has 0 aliphatic carbocycles. The van der Waals surface area contributed by atoms with Gasteiger partial charge in [-0.25, -0.2) is 0 Å². The minimum Gasteiger partial charge on any atom is -0.453 e. The predicted octanol–water partition coefficient (Wildman–Crippen LogP) is 3.53. The van der Waals surface area contributed by atoms with Crippen molar-refractivity contribution >= 4 is 21.6 Å². The number of hydrogen-bond donors (Lipinski definition) is 1. The number of nitrogens with two attached hydrogens (primary N) is 1. The number of rotatable bonds is 2. The Morgan fingerprint density at radius 3 is 2.81 bits per heavy atom. The van der Waals surface area contributed by atoms with Crippen molar-refractivity contribution in [2.75, 3.05) is 5.73 Å². The van der Waals surface area contributed by atoms with Gasteiger partial charge in [0.1, 0.15) is 5.75 Å². The van der Waals surface area contributed by atoms with Crippen molar-refractivity contribution in [3.63, 3.8) is 0 Å². The molecule has 0 fully saturated rings. The Hall–Kier alpha value is -1.55. The van der Waals surface area contributed by atoms with Gasteiger partial charge in [0.2, 0.25) is 0 Å². The molecule has 82 valence electrons. The van der Waals surface area contributed by atoms with Gasteiger partial charge in [-0.2, -0.15) is 0 Å². The number of pyridine rings is 1. The molecule has 2 aromatic rings. The van der Waals surface area contributed by atoms with Gasteiger partial charge >= 0.3 is 0 Å². The lowest BCUT2D eigenvalue weighted by Crippen LogP contribution is -1.94. The van der Waals surface area contributed by atoms with Crippen LogP contribution in [0.3, 0.4) is 0 Å². The molecular formula is C12H11BrN2O. The fourth-order valence-electron chi connectivity index (χ4n) is 1.29. The molecule has 0 unspecified atom stereocenters. The van der Waals surface area contributed by atoms with Crippen LogP contribution < -0.4 is 10.5 Å². The Labute approximate surface area is 102 Å². The lowest BCUT2D eigenvalue weighted by molar-refractivity contribution is 0.478. The second kappa shape index (κ2) is 4.53. The van der Waals surface area contributed by atoms with Gasteiger partial charge in [-0.05, 0) is 37.3 Å². The SMILES string of the molecule is Cc1ncccc1Oc1cc(Br)ccc1N. The van der Waals surface area contributed by atoms with Crippen LogP contribution in [0.5, 0.6) is 11.5 Å². The van der Waals surface area contributed by atoms with E-state index in [0.29, 0.717) is 17.2 Å². The molecule has 0 bridgehead atoms. The maximum absolute atomic E-state index is 5.82. The molecule has 0 atom stereocenters. The highest BCUT2D eigenvalue weighted by Gasteiger charge is 2.05. The quantitative estimate of drug-likeness (QED) is 0.855. The maximum Gasteiger partial charge on any atom is 0.151 e. The van der Waals surface area contributed by atoms with E-state index in [1.807, 2.05) is 31.2 Å². The van der Waals surface area contributed by atoms with Crippen LogP contribution in [0, 0.1) is 6.92 Å². The van der Waals surface area contributed by atoms with Gasteiger partial charge in [0, 0.05) is 10.7 Å². The molecule has 0 aliphatic rings.